The van der Waals surface area contributed by atoms with Crippen LogP contribution in [0, 0.1) is 0 Å². The molecule has 0 bridgehead atoms. The van der Waals surface area contributed by atoms with Gasteiger partial charge in [0, 0.05) is 6.04 Å². The standard InChI is InChI=1S/C7H12ClNO3/c1-6(9-5-10)4-7(11)12-3-2-8/h5-6H,2-4H2,1H3,(H,9,10). The van der Waals surface area contributed by atoms with Crippen molar-refractivity contribution in [2.75, 3.05) is 12.5 Å². The van der Waals surface area contributed by atoms with E-state index in [1.807, 2.05) is 0 Å². The zero-order valence-corrected chi connectivity index (χ0v) is 7.63. The molecule has 0 aliphatic heterocycles. The first kappa shape index (κ1) is 11.2. The monoisotopic (exact) mass is 193 g/mol. The van der Waals surface area contributed by atoms with Crippen molar-refractivity contribution in [2.45, 2.75) is 19.4 Å². The number of hydrogen-bond acceptors (Lipinski definition) is 3. The fourth-order valence-electron chi connectivity index (χ4n) is 0.636. The van der Waals surface area contributed by atoms with Crippen LogP contribution in [0.4, 0.5) is 0 Å². The van der Waals surface area contributed by atoms with Crippen LogP contribution in [0.5, 0.6) is 0 Å². The van der Waals surface area contributed by atoms with Crippen molar-refractivity contribution in [1.82, 2.24) is 5.32 Å². The summed E-state index contributed by atoms with van der Waals surface area (Å²) in [5.41, 5.74) is 0. The van der Waals surface area contributed by atoms with Gasteiger partial charge in [0.1, 0.15) is 6.61 Å². The van der Waals surface area contributed by atoms with Gasteiger partial charge in [-0.3, -0.25) is 9.59 Å². The molecule has 0 aromatic rings. The lowest BCUT2D eigenvalue weighted by Crippen LogP contribution is -2.28. The van der Waals surface area contributed by atoms with Crippen LogP contribution in [0.15, 0.2) is 0 Å². The van der Waals surface area contributed by atoms with Crippen LogP contribution in [-0.4, -0.2) is 30.9 Å². The highest BCUT2D eigenvalue weighted by Gasteiger charge is 2.08. The Labute approximate surface area is 76.2 Å². The number of esters is 1. The van der Waals surface area contributed by atoms with Gasteiger partial charge < -0.3 is 10.1 Å². The molecule has 1 unspecified atom stereocenters. The van der Waals surface area contributed by atoms with Gasteiger partial charge in [-0.05, 0) is 6.92 Å². The fourth-order valence-corrected chi connectivity index (χ4v) is 0.714. The number of halogens is 1. The van der Waals surface area contributed by atoms with Crippen molar-refractivity contribution in [2.24, 2.45) is 0 Å². The predicted octanol–water partition coefficient (Wildman–Crippen LogP) is 0.293. The van der Waals surface area contributed by atoms with Crippen molar-refractivity contribution in [3.63, 3.8) is 0 Å². The molecular weight excluding hydrogens is 182 g/mol. The first-order chi connectivity index (χ1) is 5.70. The van der Waals surface area contributed by atoms with Crippen LogP contribution in [0.3, 0.4) is 0 Å². The first-order valence-electron chi connectivity index (χ1n) is 3.62. The van der Waals surface area contributed by atoms with Crippen molar-refractivity contribution < 1.29 is 14.3 Å². The molecule has 5 heteroatoms. The Morgan fingerprint density at radius 3 is 2.92 bits per heavy atom. The van der Waals surface area contributed by atoms with E-state index in [2.05, 4.69) is 10.1 Å². The highest BCUT2D eigenvalue weighted by atomic mass is 35.5. The van der Waals surface area contributed by atoms with Crippen molar-refractivity contribution in [3.05, 3.63) is 0 Å². The minimum atomic E-state index is -0.350. The lowest BCUT2D eigenvalue weighted by molar-refractivity contribution is -0.143. The topological polar surface area (TPSA) is 55.4 Å². The fraction of sp³-hybridized carbons (Fsp3) is 0.714. The Balaban J connectivity index is 3.46. The number of nitrogens with one attached hydrogen (secondary N) is 1. The minimum absolute atomic E-state index is 0.176. The zero-order chi connectivity index (χ0) is 9.40. The average molecular weight is 194 g/mol. The van der Waals surface area contributed by atoms with Crippen LogP contribution in [0.1, 0.15) is 13.3 Å². The molecule has 0 aliphatic carbocycles. The van der Waals surface area contributed by atoms with Gasteiger partial charge in [-0.15, -0.1) is 11.6 Å². The second-order valence-electron chi connectivity index (χ2n) is 2.30. The molecule has 0 aromatic heterocycles. The number of carbonyl (C=O) groups excluding carboxylic acids is 2. The molecule has 1 amide bonds. The highest BCUT2D eigenvalue weighted by Crippen LogP contribution is 1.93. The third-order valence-corrected chi connectivity index (χ3v) is 1.32. The number of alkyl halides is 1. The van der Waals surface area contributed by atoms with Crippen molar-refractivity contribution in [3.8, 4) is 0 Å². The molecule has 0 heterocycles. The summed E-state index contributed by atoms with van der Waals surface area (Å²) in [6, 6.07) is -0.190. The summed E-state index contributed by atoms with van der Waals surface area (Å²) in [7, 11) is 0. The second-order valence-corrected chi connectivity index (χ2v) is 2.68. The lowest BCUT2D eigenvalue weighted by Gasteiger charge is -2.08. The summed E-state index contributed by atoms with van der Waals surface area (Å²) in [6.45, 7) is 1.94. The normalized spacial score (nSPS) is 11.8. The molecule has 12 heavy (non-hydrogen) atoms. The van der Waals surface area contributed by atoms with Gasteiger partial charge in [-0.1, -0.05) is 0 Å². The van der Waals surface area contributed by atoms with E-state index < -0.39 is 0 Å². The minimum Gasteiger partial charge on any atom is -0.464 e. The molecule has 0 aromatic carbocycles. The van der Waals surface area contributed by atoms with Crippen molar-refractivity contribution in [1.29, 1.82) is 0 Å². The summed E-state index contributed by atoms with van der Waals surface area (Å²) in [4.78, 5) is 20.8. The summed E-state index contributed by atoms with van der Waals surface area (Å²) in [6.07, 6.45) is 0.731. The molecule has 4 nitrogen and oxygen atoms in total. The number of hydrogen-bond donors (Lipinski definition) is 1. The Bertz CT molecular complexity index is 152. The molecule has 0 saturated heterocycles. The van der Waals surface area contributed by atoms with Gasteiger partial charge >= 0.3 is 5.97 Å². The van der Waals surface area contributed by atoms with Gasteiger partial charge in [-0.2, -0.15) is 0 Å². The Hall–Kier alpha value is -0.770. The molecule has 0 spiro atoms. The van der Waals surface area contributed by atoms with Gasteiger partial charge in [0.15, 0.2) is 0 Å². The molecule has 1 atom stereocenters. The molecule has 0 rings (SSSR count). The highest BCUT2D eigenvalue weighted by molar-refractivity contribution is 6.18. The lowest BCUT2D eigenvalue weighted by atomic mass is 10.2. The van der Waals surface area contributed by atoms with E-state index in [-0.39, 0.29) is 25.0 Å². The molecule has 70 valence electrons. The smallest absolute Gasteiger partial charge is 0.307 e. The van der Waals surface area contributed by atoms with E-state index in [4.69, 9.17) is 11.6 Å². The van der Waals surface area contributed by atoms with Crippen LogP contribution >= 0.6 is 11.6 Å². The van der Waals surface area contributed by atoms with E-state index in [0.29, 0.717) is 12.3 Å². The van der Waals surface area contributed by atoms with E-state index in [1.165, 1.54) is 0 Å². The number of rotatable bonds is 6. The maximum Gasteiger partial charge on any atom is 0.307 e. The Kier molecular flexibility index (Phi) is 6.47. The van der Waals surface area contributed by atoms with Crippen LogP contribution < -0.4 is 5.32 Å². The van der Waals surface area contributed by atoms with Gasteiger partial charge in [-0.25, -0.2) is 0 Å². The Morgan fingerprint density at radius 1 is 1.75 bits per heavy atom. The summed E-state index contributed by atoms with van der Waals surface area (Å²) in [5, 5.41) is 2.44. The van der Waals surface area contributed by atoms with Gasteiger partial charge in [0.05, 0.1) is 12.3 Å². The summed E-state index contributed by atoms with van der Waals surface area (Å²) < 4.78 is 4.68. The summed E-state index contributed by atoms with van der Waals surface area (Å²) in [5.74, 6) is -0.0567. The number of amides is 1. The van der Waals surface area contributed by atoms with E-state index in [9.17, 15) is 9.59 Å². The average Bonchev–Trinajstić information content (AvgIpc) is 2.01. The molecule has 0 fully saturated rings. The quantitative estimate of drug-likeness (QED) is 0.375. The first-order valence-corrected chi connectivity index (χ1v) is 4.15. The molecule has 0 radical (unpaired) electrons. The van der Waals surface area contributed by atoms with Crippen molar-refractivity contribution >= 4 is 24.0 Å². The molecule has 1 N–H and O–H groups in total. The second kappa shape index (κ2) is 6.91. The SMILES string of the molecule is CC(CC(=O)OCCCl)NC=O. The maximum absolute atomic E-state index is 10.9. The van der Waals surface area contributed by atoms with Gasteiger partial charge in [0.25, 0.3) is 0 Å². The largest absolute Gasteiger partial charge is 0.464 e. The Morgan fingerprint density at radius 2 is 2.42 bits per heavy atom. The van der Waals surface area contributed by atoms with Gasteiger partial charge in [0.2, 0.25) is 6.41 Å². The van der Waals surface area contributed by atoms with Crippen LogP contribution in [0.2, 0.25) is 0 Å². The molecule has 0 saturated carbocycles. The van der Waals surface area contributed by atoms with E-state index in [0.717, 1.165) is 0 Å². The molecular formula is C7H12ClNO3. The third kappa shape index (κ3) is 5.97. The maximum atomic E-state index is 10.9. The number of ether oxygens (including phenoxy) is 1. The third-order valence-electron chi connectivity index (χ3n) is 1.17. The van der Waals surface area contributed by atoms with E-state index >= 15 is 0 Å². The predicted molar refractivity (Wildman–Crippen MR) is 45.0 cm³/mol. The van der Waals surface area contributed by atoms with E-state index in [1.54, 1.807) is 6.92 Å². The van der Waals surface area contributed by atoms with Crippen LogP contribution in [-0.2, 0) is 14.3 Å². The zero-order valence-electron chi connectivity index (χ0n) is 6.88. The summed E-state index contributed by atoms with van der Waals surface area (Å²) >= 11 is 5.29. The van der Waals surface area contributed by atoms with Crippen LogP contribution in [0.25, 0.3) is 0 Å². The molecule has 0 aliphatic rings. The number of carbonyl (C=O) groups is 2.